The lowest BCUT2D eigenvalue weighted by molar-refractivity contribution is -0.166. The maximum atomic E-state index is 12.9. The van der Waals surface area contributed by atoms with Crippen molar-refractivity contribution in [1.82, 2.24) is 0 Å². The molecular weight excluding hydrogens is 281 g/mol. The summed E-state index contributed by atoms with van der Waals surface area (Å²) in [6.45, 7) is 0. The Bertz CT molecular complexity index is 382. The first-order valence-corrected chi connectivity index (χ1v) is 4.59. The Morgan fingerprint density at radius 3 is 2.50 bits per heavy atom. The van der Waals surface area contributed by atoms with Gasteiger partial charge in [-0.3, -0.25) is 0 Å². The van der Waals surface area contributed by atoms with Crippen LogP contribution < -0.4 is 0 Å². The number of carboxylic acids is 1. The average Bonchev–Trinajstić information content (AvgIpc) is 2.09. The van der Waals surface area contributed by atoms with Crippen molar-refractivity contribution in [2.45, 2.75) is 5.92 Å². The van der Waals surface area contributed by atoms with Gasteiger partial charge in [0.25, 0.3) is 0 Å². The van der Waals surface area contributed by atoms with Gasteiger partial charge in [-0.05, 0) is 28.1 Å². The molecule has 1 aromatic rings. The number of carboxylic acid groups (broad SMARTS) is 1. The van der Waals surface area contributed by atoms with Gasteiger partial charge in [-0.1, -0.05) is 17.7 Å². The molecule has 76 valence electrons. The van der Waals surface area contributed by atoms with Gasteiger partial charge in [-0.15, -0.1) is 0 Å². The molecule has 0 fully saturated rings. The first-order chi connectivity index (χ1) is 6.35. The molecule has 0 spiro atoms. The largest absolute Gasteiger partial charge is 0.477 e. The third kappa shape index (κ3) is 2.04. The summed E-state index contributed by atoms with van der Waals surface area (Å²) in [5.74, 6) is -6.08. The first kappa shape index (κ1) is 11.4. The molecule has 0 aliphatic rings. The van der Waals surface area contributed by atoms with Crippen LogP contribution in [0.1, 0.15) is 5.56 Å². The maximum absolute atomic E-state index is 12.9. The molecule has 1 aromatic carbocycles. The van der Waals surface area contributed by atoms with Crippen LogP contribution >= 0.6 is 27.5 Å². The molecule has 0 aliphatic heterocycles. The number of benzene rings is 1. The number of alkyl halides is 2. The van der Waals surface area contributed by atoms with Crippen LogP contribution in [0.4, 0.5) is 8.78 Å². The number of hydrogen-bond donors (Lipinski definition) is 1. The van der Waals surface area contributed by atoms with Gasteiger partial charge in [0.1, 0.15) is 0 Å². The lowest BCUT2D eigenvalue weighted by Gasteiger charge is -2.11. The highest BCUT2D eigenvalue weighted by molar-refractivity contribution is 9.10. The molecule has 1 rings (SSSR count). The van der Waals surface area contributed by atoms with Crippen LogP contribution in [0.3, 0.4) is 0 Å². The minimum absolute atomic E-state index is 0.234. The molecule has 0 aliphatic carbocycles. The van der Waals surface area contributed by atoms with E-state index in [0.717, 1.165) is 12.1 Å². The fourth-order valence-corrected chi connectivity index (χ4v) is 1.31. The van der Waals surface area contributed by atoms with E-state index in [1.54, 1.807) is 0 Å². The van der Waals surface area contributed by atoms with Crippen molar-refractivity contribution in [2.75, 3.05) is 0 Å². The van der Waals surface area contributed by atoms with E-state index in [1.165, 1.54) is 6.07 Å². The third-order valence-electron chi connectivity index (χ3n) is 1.55. The third-order valence-corrected chi connectivity index (χ3v) is 2.76. The highest BCUT2D eigenvalue weighted by Gasteiger charge is 2.41. The summed E-state index contributed by atoms with van der Waals surface area (Å²) in [6, 6.07) is 3.16. The summed E-state index contributed by atoms with van der Waals surface area (Å²) in [7, 11) is 0. The first-order valence-electron chi connectivity index (χ1n) is 3.42. The van der Waals surface area contributed by atoms with E-state index in [-0.39, 0.29) is 9.50 Å². The number of rotatable bonds is 2. The monoisotopic (exact) mass is 284 g/mol. The minimum Gasteiger partial charge on any atom is -0.477 e. The molecule has 6 heteroatoms. The Hall–Kier alpha value is -0.680. The van der Waals surface area contributed by atoms with Gasteiger partial charge in [0.2, 0.25) is 0 Å². The number of aliphatic carboxylic acids is 1. The predicted octanol–water partition coefficient (Wildman–Crippen LogP) is 3.28. The van der Waals surface area contributed by atoms with E-state index in [9.17, 15) is 13.6 Å². The SMILES string of the molecule is O=C(O)C(F)(F)c1ccc(Cl)c(Br)c1. The van der Waals surface area contributed by atoms with Crippen LogP contribution in [0.5, 0.6) is 0 Å². The van der Waals surface area contributed by atoms with Crippen molar-refractivity contribution in [3.05, 3.63) is 33.3 Å². The van der Waals surface area contributed by atoms with Crippen LogP contribution in [0.15, 0.2) is 22.7 Å². The second kappa shape index (κ2) is 3.82. The molecule has 0 aromatic heterocycles. The smallest absolute Gasteiger partial charge is 0.379 e. The molecule has 0 saturated carbocycles. The summed E-state index contributed by atoms with van der Waals surface area (Å²) in [6.07, 6.45) is 0. The molecule has 0 bridgehead atoms. The minimum atomic E-state index is -3.90. The number of halogens is 4. The van der Waals surface area contributed by atoms with E-state index >= 15 is 0 Å². The molecule has 1 N–H and O–H groups in total. The predicted molar refractivity (Wildman–Crippen MR) is 50.7 cm³/mol. The standard InChI is InChI=1S/C8H4BrClF2O2/c9-5-3-4(1-2-6(5)10)8(11,12)7(13)14/h1-3H,(H,13,14). The Morgan fingerprint density at radius 2 is 2.07 bits per heavy atom. The molecule has 0 saturated heterocycles. The van der Waals surface area contributed by atoms with E-state index in [4.69, 9.17) is 16.7 Å². The highest BCUT2D eigenvalue weighted by Crippen LogP contribution is 2.32. The van der Waals surface area contributed by atoms with E-state index in [0.29, 0.717) is 0 Å². The second-order valence-electron chi connectivity index (χ2n) is 2.51. The van der Waals surface area contributed by atoms with E-state index < -0.39 is 17.5 Å². The van der Waals surface area contributed by atoms with Gasteiger partial charge in [-0.25, -0.2) is 4.79 Å². The molecule has 0 amide bonds. The van der Waals surface area contributed by atoms with Crippen molar-refractivity contribution in [3.8, 4) is 0 Å². The Balaban J connectivity index is 3.21. The zero-order valence-electron chi connectivity index (χ0n) is 6.60. The summed E-state index contributed by atoms with van der Waals surface area (Å²) in [5.41, 5.74) is -0.610. The van der Waals surface area contributed by atoms with Gasteiger partial charge in [0.05, 0.1) is 5.02 Å². The highest BCUT2D eigenvalue weighted by atomic mass is 79.9. The van der Waals surface area contributed by atoms with Gasteiger partial charge < -0.3 is 5.11 Å². The van der Waals surface area contributed by atoms with Crippen LogP contribution in [0.25, 0.3) is 0 Å². The second-order valence-corrected chi connectivity index (χ2v) is 3.77. The quantitative estimate of drug-likeness (QED) is 0.905. The van der Waals surface area contributed by atoms with Gasteiger partial charge >= 0.3 is 11.9 Å². The van der Waals surface area contributed by atoms with Gasteiger partial charge in [0.15, 0.2) is 0 Å². The van der Waals surface area contributed by atoms with Crippen LogP contribution in [0.2, 0.25) is 5.02 Å². The van der Waals surface area contributed by atoms with Crippen molar-refractivity contribution in [2.24, 2.45) is 0 Å². The maximum Gasteiger partial charge on any atom is 0.379 e. The van der Waals surface area contributed by atoms with Crippen molar-refractivity contribution >= 4 is 33.5 Å². The molecule has 0 atom stereocenters. The Labute approximate surface area is 91.6 Å². The Kier molecular flexibility index (Phi) is 3.11. The topological polar surface area (TPSA) is 37.3 Å². The number of hydrogen-bond acceptors (Lipinski definition) is 1. The summed E-state index contributed by atoms with van der Waals surface area (Å²) in [4.78, 5) is 10.2. The molecule has 0 heterocycles. The fourth-order valence-electron chi connectivity index (χ4n) is 0.815. The average molecular weight is 285 g/mol. The molecule has 0 radical (unpaired) electrons. The zero-order chi connectivity index (χ0) is 10.9. The fraction of sp³-hybridized carbons (Fsp3) is 0.125. The molecule has 14 heavy (non-hydrogen) atoms. The van der Waals surface area contributed by atoms with E-state index in [2.05, 4.69) is 15.9 Å². The molecule has 2 nitrogen and oxygen atoms in total. The van der Waals surface area contributed by atoms with Crippen LogP contribution in [-0.4, -0.2) is 11.1 Å². The lowest BCUT2D eigenvalue weighted by atomic mass is 10.1. The van der Waals surface area contributed by atoms with Crippen molar-refractivity contribution < 1.29 is 18.7 Å². The van der Waals surface area contributed by atoms with E-state index in [1.807, 2.05) is 0 Å². The van der Waals surface area contributed by atoms with Gasteiger partial charge in [0, 0.05) is 10.0 Å². The zero-order valence-corrected chi connectivity index (χ0v) is 8.94. The van der Waals surface area contributed by atoms with Crippen molar-refractivity contribution in [1.29, 1.82) is 0 Å². The van der Waals surface area contributed by atoms with Crippen LogP contribution in [0, 0.1) is 0 Å². The molecule has 0 unspecified atom stereocenters. The Morgan fingerprint density at radius 1 is 1.50 bits per heavy atom. The summed E-state index contributed by atoms with van der Waals surface area (Å²) in [5, 5.41) is 8.50. The number of carbonyl (C=O) groups is 1. The molecular formula is C8H4BrClF2O2. The summed E-state index contributed by atoms with van der Waals surface area (Å²) >= 11 is 8.50. The van der Waals surface area contributed by atoms with Crippen LogP contribution in [-0.2, 0) is 10.7 Å². The van der Waals surface area contributed by atoms with Gasteiger partial charge in [-0.2, -0.15) is 8.78 Å². The van der Waals surface area contributed by atoms with Crippen molar-refractivity contribution in [3.63, 3.8) is 0 Å². The lowest BCUT2D eigenvalue weighted by Crippen LogP contribution is -2.25. The summed E-state index contributed by atoms with van der Waals surface area (Å²) < 4.78 is 26.1. The normalized spacial score (nSPS) is 11.4.